The molecule has 0 spiro atoms. The Morgan fingerprint density at radius 1 is 1.32 bits per heavy atom. The first-order valence-electron chi connectivity index (χ1n) is 5.61. The molecule has 0 radical (unpaired) electrons. The van der Waals surface area contributed by atoms with Gasteiger partial charge in [-0.3, -0.25) is 5.41 Å². The fraction of sp³-hybridized carbons (Fsp3) is 0.250. The van der Waals surface area contributed by atoms with E-state index in [1.165, 1.54) is 0 Å². The summed E-state index contributed by atoms with van der Waals surface area (Å²) in [5.74, 6) is 0.191. The number of benzene rings is 1. The topological polar surface area (TPSA) is 75.7 Å². The number of nitrogens with two attached hydrogens (primary N) is 1. The van der Waals surface area contributed by atoms with Crippen molar-refractivity contribution in [1.82, 2.24) is 10.2 Å². The number of nitrogens with one attached hydrogen (secondary N) is 1. The summed E-state index contributed by atoms with van der Waals surface area (Å²) in [6.07, 6.45) is 2.50. The molecule has 1 aromatic heterocycles. The number of hydrogen-bond acceptors (Lipinski definition) is 6. The van der Waals surface area contributed by atoms with Crippen LogP contribution in [0, 0.1) is 5.41 Å². The summed E-state index contributed by atoms with van der Waals surface area (Å²) in [6.45, 7) is 0. The molecular weight excluding hydrogens is 296 g/mol. The van der Waals surface area contributed by atoms with Crippen molar-refractivity contribution in [2.75, 3.05) is 6.26 Å². The highest BCUT2D eigenvalue weighted by Gasteiger charge is 2.17. The Labute approximate surface area is 124 Å². The van der Waals surface area contributed by atoms with Crippen molar-refractivity contribution in [2.45, 2.75) is 20.4 Å². The summed E-state index contributed by atoms with van der Waals surface area (Å²) in [5, 5.41) is 15.9. The van der Waals surface area contributed by atoms with Crippen molar-refractivity contribution in [3.8, 4) is 0 Å². The van der Waals surface area contributed by atoms with Gasteiger partial charge in [0.1, 0.15) is 0 Å². The first-order valence-corrected chi connectivity index (χ1v) is 8.53. The number of aromatic nitrogens is 2. The maximum atomic E-state index is 7.51. The number of thioether (sulfide) groups is 2. The summed E-state index contributed by atoms with van der Waals surface area (Å²) < 4.78 is 1.87. The number of amidine groups is 1. The van der Waals surface area contributed by atoms with Crippen LogP contribution in [-0.4, -0.2) is 22.3 Å². The smallest absolute Gasteiger partial charge is 0.175 e. The van der Waals surface area contributed by atoms with Crippen molar-refractivity contribution < 1.29 is 0 Å². The fourth-order valence-corrected chi connectivity index (χ4v) is 4.37. The minimum absolute atomic E-state index is 0.112. The highest BCUT2D eigenvalue weighted by Crippen LogP contribution is 2.39. The molecule has 0 amide bonds. The highest BCUT2D eigenvalue weighted by molar-refractivity contribution is 8.03. The average molecular weight is 310 g/mol. The zero-order valence-corrected chi connectivity index (χ0v) is 12.8. The molecule has 1 aromatic carbocycles. The highest BCUT2D eigenvalue weighted by atomic mass is 32.2. The van der Waals surface area contributed by atoms with Crippen LogP contribution in [0.1, 0.15) is 17.2 Å². The Balaban J connectivity index is 2.16. The Morgan fingerprint density at radius 3 is 2.58 bits per heavy atom. The van der Waals surface area contributed by atoms with Crippen LogP contribution >= 0.6 is 34.9 Å². The van der Waals surface area contributed by atoms with Crippen LogP contribution in [-0.2, 0) is 0 Å². The lowest BCUT2D eigenvalue weighted by atomic mass is 10.1. The van der Waals surface area contributed by atoms with E-state index in [1.54, 1.807) is 34.9 Å². The van der Waals surface area contributed by atoms with Gasteiger partial charge in [0.05, 0.1) is 5.84 Å². The van der Waals surface area contributed by atoms with Gasteiger partial charge in [-0.15, -0.1) is 10.2 Å². The van der Waals surface area contributed by atoms with Gasteiger partial charge in [0.2, 0.25) is 0 Å². The molecule has 19 heavy (non-hydrogen) atoms. The fourth-order valence-electron chi connectivity index (χ4n) is 1.54. The molecule has 4 nitrogen and oxygen atoms in total. The van der Waals surface area contributed by atoms with Crippen LogP contribution in [0.2, 0.25) is 0 Å². The van der Waals surface area contributed by atoms with E-state index in [2.05, 4.69) is 22.3 Å². The average Bonchev–Trinajstić information content (AvgIpc) is 2.86. The van der Waals surface area contributed by atoms with Crippen molar-refractivity contribution in [3.63, 3.8) is 0 Å². The largest absolute Gasteiger partial charge is 0.388 e. The van der Waals surface area contributed by atoms with Crippen molar-refractivity contribution in [2.24, 2.45) is 5.73 Å². The van der Waals surface area contributed by atoms with E-state index in [9.17, 15) is 0 Å². The van der Waals surface area contributed by atoms with Gasteiger partial charge < -0.3 is 5.73 Å². The van der Waals surface area contributed by atoms with Crippen LogP contribution < -0.4 is 5.73 Å². The second kappa shape index (κ2) is 6.93. The summed E-state index contributed by atoms with van der Waals surface area (Å²) >= 11 is 4.78. The van der Waals surface area contributed by atoms with Crippen molar-refractivity contribution in [3.05, 3.63) is 35.9 Å². The predicted octanol–water partition coefficient (Wildman–Crippen LogP) is 3.42. The molecule has 2 aromatic rings. The van der Waals surface area contributed by atoms with Gasteiger partial charge in [0.15, 0.2) is 8.68 Å². The Morgan fingerprint density at radius 2 is 2.00 bits per heavy atom. The molecule has 0 saturated carbocycles. The van der Waals surface area contributed by atoms with Crippen LogP contribution in [0.5, 0.6) is 0 Å². The van der Waals surface area contributed by atoms with Crippen LogP contribution in [0.3, 0.4) is 0 Å². The second-order valence-electron chi connectivity index (χ2n) is 3.78. The minimum Gasteiger partial charge on any atom is -0.388 e. The molecule has 0 aliphatic rings. The molecular formula is C12H14N4S3. The van der Waals surface area contributed by atoms with Crippen LogP contribution in [0.15, 0.2) is 39.0 Å². The third kappa shape index (κ3) is 4.22. The van der Waals surface area contributed by atoms with E-state index in [-0.39, 0.29) is 11.1 Å². The van der Waals surface area contributed by atoms with E-state index >= 15 is 0 Å². The SMILES string of the molecule is CSc1nnc(SC(CC(=N)N)c2ccccc2)s1. The molecule has 0 fully saturated rings. The maximum absolute atomic E-state index is 7.51. The van der Waals surface area contributed by atoms with Crippen LogP contribution in [0.4, 0.5) is 0 Å². The molecule has 1 unspecified atom stereocenters. The zero-order chi connectivity index (χ0) is 13.7. The third-order valence-electron chi connectivity index (χ3n) is 2.38. The van der Waals surface area contributed by atoms with Gasteiger partial charge in [-0.05, 0) is 11.8 Å². The first-order chi connectivity index (χ1) is 9.19. The second-order valence-corrected chi connectivity index (χ2v) is 7.27. The van der Waals surface area contributed by atoms with Crippen molar-refractivity contribution in [1.29, 1.82) is 5.41 Å². The normalized spacial score (nSPS) is 12.3. The molecule has 0 bridgehead atoms. The lowest BCUT2D eigenvalue weighted by Gasteiger charge is -2.14. The Kier molecular flexibility index (Phi) is 5.24. The molecule has 0 aliphatic carbocycles. The predicted molar refractivity (Wildman–Crippen MR) is 83.3 cm³/mol. The Bertz CT molecular complexity index is 541. The molecule has 3 N–H and O–H groups in total. The summed E-state index contributed by atoms with van der Waals surface area (Å²) in [6, 6.07) is 10.1. The molecule has 1 atom stereocenters. The minimum atomic E-state index is 0.112. The van der Waals surface area contributed by atoms with E-state index in [1.807, 2.05) is 24.5 Å². The summed E-state index contributed by atoms with van der Waals surface area (Å²) in [4.78, 5) is 0. The van der Waals surface area contributed by atoms with Gasteiger partial charge in [0, 0.05) is 11.7 Å². The molecule has 7 heteroatoms. The van der Waals surface area contributed by atoms with E-state index in [0.29, 0.717) is 6.42 Å². The zero-order valence-electron chi connectivity index (χ0n) is 10.4. The number of nitrogens with zero attached hydrogens (tertiary/aromatic N) is 2. The van der Waals surface area contributed by atoms with E-state index in [0.717, 1.165) is 14.2 Å². The van der Waals surface area contributed by atoms with Crippen LogP contribution in [0.25, 0.3) is 0 Å². The standard InChI is InChI=1S/C12H14N4S3/c1-17-11-15-16-12(19-11)18-9(7-10(13)14)8-5-3-2-4-6-8/h2-6,9H,7H2,1H3,(H3,13,14). The van der Waals surface area contributed by atoms with Gasteiger partial charge in [-0.25, -0.2) is 0 Å². The first kappa shape index (κ1) is 14.4. The maximum Gasteiger partial charge on any atom is 0.175 e. The third-order valence-corrected chi connectivity index (χ3v) is 5.62. The molecule has 0 aliphatic heterocycles. The lowest BCUT2D eigenvalue weighted by Crippen LogP contribution is -2.13. The molecule has 0 saturated heterocycles. The summed E-state index contributed by atoms with van der Waals surface area (Å²) in [5.41, 5.74) is 6.71. The quantitative estimate of drug-likeness (QED) is 0.486. The lowest BCUT2D eigenvalue weighted by molar-refractivity contribution is 0.939. The van der Waals surface area contributed by atoms with Gasteiger partial charge in [0.25, 0.3) is 0 Å². The van der Waals surface area contributed by atoms with Gasteiger partial charge in [-0.2, -0.15) is 0 Å². The Hall–Kier alpha value is -1.05. The number of rotatable bonds is 6. The molecule has 2 rings (SSSR count). The van der Waals surface area contributed by atoms with E-state index < -0.39 is 0 Å². The molecule has 100 valence electrons. The summed E-state index contributed by atoms with van der Waals surface area (Å²) in [7, 11) is 0. The van der Waals surface area contributed by atoms with Gasteiger partial charge >= 0.3 is 0 Å². The van der Waals surface area contributed by atoms with Gasteiger partial charge in [-0.1, -0.05) is 65.2 Å². The number of hydrogen-bond donors (Lipinski definition) is 2. The molecule has 1 heterocycles. The monoisotopic (exact) mass is 310 g/mol. The van der Waals surface area contributed by atoms with Crippen molar-refractivity contribution >= 4 is 40.7 Å². The van der Waals surface area contributed by atoms with E-state index in [4.69, 9.17) is 11.1 Å².